The number of hydrogen-bond donors (Lipinski definition) is 0. The summed E-state index contributed by atoms with van der Waals surface area (Å²) in [6, 6.07) is 36.1. The third-order valence-electron chi connectivity index (χ3n) is 20.2. The van der Waals surface area contributed by atoms with E-state index in [4.69, 9.17) is 0 Å². The Morgan fingerprint density at radius 2 is 1.00 bits per heavy atom. The van der Waals surface area contributed by atoms with Crippen molar-refractivity contribution in [3.05, 3.63) is 124 Å². The molecule has 0 spiro atoms. The van der Waals surface area contributed by atoms with Gasteiger partial charge < -0.3 is 9.80 Å². The molecule has 3 heterocycles. The smallest absolute Gasteiger partial charge is 0.264 e. The van der Waals surface area contributed by atoms with Gasteiger partial charge in [-0.2, -0.15) is 0 Å². The van der Waals surface area contributed by atoms with E-state index in [1.54, 1.807) is 16.7 Å². The van der Waals surface area contributed by atoms with Crippen LogP contribution in [-0.4, -0.2) is 6.71 Å². The van der Waals surface area contributed by atoms with Gasteiger partial charge in [0.05, 0.1) is 5.69 Å². The third kappa shape index (κ3) is 6.61. The Hall–Kier alpha value is -4.28. The third-order valence-corrected chi connectivity index (χ3v) is 21.4. The molecule has 4 fully saturated rings. The van der Waals surface area contributed by atoms with Crippen molar-refractivity contribution in [2.45, 2.75) is 199 Å². The van der Waals surface area contributed by atoms with Crippen LogP contribution in [0, 0.1) is 17.8 Å². The molecule has 4 bridgehead atoms. The van der Waals surface area contributed by atoms with Crippen molar-refractivity contribution in [1.82, 2.24) is 0 Å². The van der Waals surface area contributed by atoms with Crippen molar-refractivity contribution in [3.63, 3.8) is 0 Å². The molecule has 14 rings (SSSR count). The number of anilines is 6. The fraction of sp³-hybridized carbons (Fsp3) is 0.515. The number of thiophene rings is 1. The summed E-state index contributed by atoms with van der Waals surface area (Å²) in [6.45, 7) is 34.4. The van der Waals surface area contributed by atoms with E-state index < -0.39 is 0 Å². The highest BCUT2D eigenvalue weighted by molar-refractivity contribution is 7.33. The van der Waals surface area contributed by atoms with Gasteiger partial charge in [0.2, 0.25) is 0 Å². The highest BCUT2D eigenvalue weighted by Gasteiger charge is 2.54. The molecule has 5 aromatic carbocycles. The molecule has 0 N–H and O–H groups in total. The average molecular weight is 943 g/mol. The lowest BCUT2D eigenvalue weighted by Crippen LogP contribution is -2.61. The molecule has 362 valence electrons. The van der Waals surface area contributed by atoms with Gasteiger partial charge in [-0.1, -0.05) is 133 Å². The fourth-order valence-electron chi connectivity index (χ4n) is 16.1. The van der Waals surface area contributed by atoms with E-state index in [1.807, 2.05) is 0 Å². The summed E-state index contributed by atoms with van der Waals surface area (Å²) >= 11 is 2.08. The van der Waals surface area contributed by atoms with Crippen molar-refractivity contribution in [2.75, 3.05) is 9.80 Å². The predicted molar refractivity (Wildman–Crippen MR) is 304 cm³/mol. The highest BCUT2D eigenvalue weighted by Crippen LogP contribution is 2.62. The Morgan fingerprint density at radius 3 is 1.57 bits per heavy atom. The van der Waals surface area contributed by atoms with E-state index in [-0.39, 0.29) is 44.6 Å². The summed E-state index contributed by atoms with van der Waals surface area (Å²) < 4.78 is 2.91. The lowest BCUT2D eigenvalue weighted by atomic mass is 9.35. The number of hydrogen-bond acceptors (Lipinski definition) is 3. The Morgan fingerprint density at radius 1 is 0.500 bits per heavy atom. The molecule has 0 amide bonds. The van der Waals surface area contributed by atoms with Crippen LogP contribution < -0.4 is 25.5 Å². The molecule has 1 aromatic heterocycles. The van der Waals surface area contributed by atoms with Gasteiger partial charge in [0, 0.05) is 43.3 Å². The molecule has 4 heteroatoms. The standard InChI is InChI=1S/C66H79BN2S/c1-60(2,3)42-15-18-45(19-16-42)69-55-31-44(66-36-39-27-40(37-66)29-41(28-39)38-66)30-54-57(55)67(59-58(69)47-21-17-43(61(4,5)6)32-56(47)70-59)52-34-50-51(65(13,14)26-25-64(50,11)12)35-53(52)68(54)46-20-22-48-49(33-46)63(9,10)24-23-62(48,7)8/h15-22,30-35,39-41H,23-29,36-38H2,1-14H3. The second kappa shape index (κ2) is 14.5. The summed E-state index contributed by atoms with van der Waals surface area (Å²) in [5, 5.41) is 1.39. The first-order valence-corrected chi connectivity index (χ1v) is 28.4. The molecule has 8 aliphatic rings. The number of fused-ring (bicyclic) bond motifs is 8. The Bertz CT molecular complexity index is 3140. The van der Waals surface area contributed by atoms with Crippen LogP contribution in [0.5, 0.6) is 0 Å². The molecule has 0 atom stereocenters. The second-order valence-corrected chi connectivity index (χ2v) is 30.1. The van der Waals surface area contributed by atoms with Gasteiger partial charge in [-0.15, -0.1) is 11.3 Å². The van der Waals surface area contributed by atoms with Crippen molar-refractivity contribution in [1.29, 1.82) is 0 Å². The van der Waals surface area contributed by atoms with Crippen molar-refractivity contribution < 1.29 is 0 Å². The Balaban J connectivity index is 1.17. The van der Waals surface area contributed by atoms with Gasteiger partial charge in [-0.05, 0) is 218 Å². The topological polar surface area (TPSA) is 6.48 Å². The molecular weight excluding hydrogens is 864 g/mol. The summed E-state index contributed by atoms with van der Waals surface area (Å²) in [5.74, 6) is 2.58. The minimum Gasteiger partial charge on any atom is -0.311 e. The molecular formula is C66H79BN2S. The van der Waals surface area contributed by atoms with Gasteiger partial charge in [0.1, 0.15) is 0 Å². The predicted octanol–water partition coefficient (Wildman–Crippen LogP) is 16.7. The first-order valence-electron chi connectivity index (χ1n) is 27.6. The minimum absolute atomic E-state index is 0.0537. The zero-order chi connectivity index (χ0) is 49.0. The number of nitrogens with zero attached hydrogens (tertiary/aromatic N) is 2. The molecule has 0 unspecified atom stereocenters. The first-order chi connectivity index (χ1) is 32.8. The minimum atomic E-state index is 0.0537. The molecule has 2 nitrogen and oxygen atoms in total. The molecule has 70 heavy (non-hydrogen) atoms. The van der Waals surface area contributed by atoms with Gasteiger partial charge in [0.25, 0.3) is 6.71 Å². The zero-order valence-electron chi connectivity index (χ0n) is 45.3. The number of rotatable bonds is 3. The van der Waals surface area contributed by atoms with Crippen LogP contribution in [0.15, 0.2) is 84.9 Å². The van der Waals surface area contributed by atoms with E-state index in [0.717, 1.165) is 17.8 Å². The lowest BCUT2D eigenvalue weighted by molar-refractivity contribution is -0.00514. The SMILES string of the molecule is CC(C)(C)c1ccc(N2c3cc(C45CC6CC(CC(C6)C4)C5)cc4c3B(c3cc5c(cc3N4c3ccc4c(c3)C(C)(C)CCC4(C)C)C(C)(C)CCC5(C)C)c3sc4cc(C(C)(C)C)ccc4c32)cc1. The molecule has 0 saturated heterocycles. The monoisotopic (exact) mass is 943 g/mol. The summed E-state index contributed by atoms with van der Waals surface area (Å²) in [7, 11) is 0. The van der Waals surface area contributed by atoms with Crippen LogP contribution in [-0.2, 0) is 37.9 Å². The van der Waals surface area contributed by atoms with Crippen molar-refractivity contribution in [3.8, 4) is 0 Å². The normalized spacial score (nSPS) is 26.1. The quantitative estimate of drug-likeness (QED) is 0.163. The second-order valence-electron chi connectivity index (χ2n) is 29.0. The van der Waals surface area contributed by atoms with Gasteiger partial charge in [-0.25, -0.2) is 0 Å². The molecule has 6 aliphatic carbocycles. The maximum absolute atomic E-state index is 2.83. The van der Waals surface area contributed by atoms with Crippen LogP contribution in [0.1, 0.15) is 200 Å². The van der Waals surface area contributed by atoms with Gasteiger partial charge in [-0.3, -0.25) is 0 Å². The molecule has 2 aliphatic heterocycles. The van der Waals surface area contributed by atoms with Crippen LogP contribution in [0.25, 0.3) is 10.1 Å². The highest BCUT2D eigenvalue weighted by atomic mass is 32.1. The van der Waals surface area contributed by atoms with Crippen molar-refractivity contribution >= 4 is 78.0 Å². The van der Waals surface area contributed by atoms with Crippen LogP contribution >= 0.6 is 11.3 Å². The lowest BCUT2D eigenvalue weighted by Gasteiger charge is -2.57. The fourth-order valence-corrected chi connectivity index (χ4v) is 17.5. The van der Waals surface area contributed by atoms with Gasteiger partial charge in [0.15, 0.2) is 0 Å². The maximum atomic E-state index is 2.83. The summed E-state index contributed by atoms with van der Waals surface area (Å²) in [5.41, 5.74) is 22.6. The van der Waals surface area contributed by atoms with E-state index >= 15 is 0 Å². The van der Waals surface area contributed by atoms with E-state index in [1.165, 1.54) is 146 Å². The number of benzene rings is 5. The largest absolute Gasteiger partial charge is 0.311 e. The van der Waals surface area contributed by atoms with Crippen LogP contribution in [0.2, 0.25) is 0 Å². The molecule has 4 saturated carbocycles. The van der Waals surface area contributed by atoms with E-state index in [2.05, 4.69) is 203 Å². The summed E-state index contributed by atoms with van der Waals surface area (Å²) in [4.78, 5) is 5.62. The summed E-state index contributed by atoms with van der Waals surface area (Å²) in [6.07, 6.45) is 13.2. The van der Waals surface area contributed by atoms with Crippen LogP contribution in [0.3, 0.4) is 0 Å². The molecule has 0 radical (unpaired) electrons. The van der Waals surface area contributed by atoms with E-state index in [9.17, 15) is 0 Å². The van der Waals surface area contributed by atoms with Crippen molar-refractivity contribution in [2.24, 2.45) is 17.8 Å². The zero-order valence-corrected chi connectivity index (χ0v) is 46.1. The van der Waals surface area contributed by atoms with Gasteiger partial charge >= 0.3 is 0 Å². The Labute approximate surface area is 426 Å². The maximum Gasteiger partial charge on any atom is 0.264 e. The molecule has 6 aromatic rings. The first kappa shape index (κ1) is 45.6. The Kier molecular flexibility index (Phi) is 9.43. The van der Waals surface area contributed by atoms with E-state index in [0.29, 0.717) is 0 Å². The average Bonchev–Trinajstić information content (AvgIpc) is 3.66. The van der Waals surface area contributed by atoms with Crippen LogP contribution in [0.4, 0.5) is 34.1 Å².